The number of hydrogen-bond donors (Lipinski definition) is 1. The summed E-state index contributed by atoms with van der Waals surface area (Å²) in [5.41, 5.74) is 10.2. The minimum Gasteiger partial charge on any atom is -0.378 e. The van der Waals surface area contributed by atoms with Gasteiger partial charge in [0.2, 0.25) is 0 Å². The molecule has 0 fully saturated rings. The van der Waals surface area contributed by atoms with E-state index in [0.717, 1.165) is 22.5 Å². The molecule has 0 atom stereocenters. The standard InChI is InChI=1S/C16H19N3S/c1-19(2)15-11-7-5-9-13(15)12-8-4-6-10-14(12)18-16(17)20-3/h4-11H,1-3H3,(H2,17,18). The minimum absolute atomic E-state index is 0.569. The lowest BCUT2D eigenvalue weighted by molar-refractivity contribution is 1.13. The van der Waals surface area contributed by atoms with Gasteiger partial charge in [0.25, 0.3) is 0 Å². The Morgan fingerprint density at radius 1 is 1.00 bits per heavy atom. The van der Waals surface area contributed by atoms with Gasteiger partial charge >= 0.3 is 0 Å². The molecule has 104 valence electrons. The summed E-state index contributed by atoms with van der Waals surface area (Å²) in [4.78, 5) is 6.60. The maximum atomic E-state index is 5.85. The Bertz CT molecular complexity index is 621. The van der Waals surface area contributed by atoms with Crippen LogP contribution in [0, 0.1) is 0 Å². The number of para-hydroxylation sites is 2. The van der Waals surface area contributed by atoms with Gasteiger partial charge in [-0.15, -0.1) is 0 Å². The fraction of sp³-hybridized carbons (Fsp3) is 0.188. The Morgan fingerprint density at radius 3 is 2.25 bits per heavy atom. The number of thioether (sulfide) groups is 1. The molecule has 0 saturated carbocycles. The summed E-state index contributed by atoms with van der Waals surface area (Å²) >= 11 is 1.45. The normalized spacial score (nSPS) is 11.4. The highest BCUT2D eigenvalue weighted by atomic mass is 32.2. The molecule has 3 nitrogen and oxygen atoms in total. The van der Waals surface area contributed by atoms with Crippen LogP contribution in [0.15, 0.2) is 53.5 Å². The molecule has 20 heavy (non-hydrogen) atoms. The molecule has 0 bridgehead atoms. The first-order chi connectivity index (χ1) is 9.63. The van der Waals surface area contributed by atoms with Crippen LogP contribution >= 0.6 is 11.8 Å². The fourth-order valence-corrected chi connectivity index (χ4v) is 2.24. The summed E-state index contributed by atoms with van der Waals surface area (Å²) in [5, 5.41) is 0.569. The zero-order valence-corrected chi connectivity index (χ0v) is 12.8. The topological polar surface area (TPSA) is 41.6 Å². The van der Waals surface area contributed by atoms with E-state index in [-0.39, 0.29) is 0 Å². The van der Waals surface area contributed by atoms with Crippen molar-refractivity contribution in [3.05, 3.63) is 48.5 Å². The zero-order valence-electron chi connectivity index (χ0n) is 12.0. The molecule has 0 spiro atoms. The molecular weight excluding hydrogens is 266 g/mol. The monoisotopic (exact) mass is 285 g/mol. The first kappa shape index (κ1) is 14.5. The molecular formula is C16H19N3S. The Kier molecular flexibility index (Phi) is 4.69. The van der Waals surface area contributed by atoms with E-state index in [1.54, 1.807) is 0 Å². The van der Waals surface area contributed by atoms with Gasteiger partial charge in [-0.2, -0.15) is 0 Å². The van der Waals surface area contributed by atoms with Crippen molar-refractivity contribution in [2.24, 2.45) is 10.7 Å². The number of aliphatic imine (C=N–C) groups is 1. The van der Waals surface area contributed by atoms with Gasteiger partial charge in [-0.05, 0) is 18.4 Å². The van der Waals surface area contributed by atoms with Crippen LogP contribution in [0.25, 0.3) is 11.1 Å². The maximum Gasteiger partial charge on any atom is 0.158 e. The summed E-state index contributed by atoms with van der Waals surface area (Å²) < 4.78 is 0. The van der Waals surface area contributed by atoms with Gasteiger partial charge in [-0.3, -0.25) is 0 Å². The third kappa shape index (κ3) is 3.14. The van der Waals surface area contributed by atoms with Crippen LogP contribution in [0.1, 0.15) is 0 Å². The number of amidine groups is 1. The number of rotatable bonds is 3. The van der Waals surface area contributed by atoms with Crippen molar-refractivity contribution in [1.29, 1.82) is 0 Å². The lowest BCUT2D eigenvalue weighted by Gasteiger charge is -2.18. The molecule has 0 aliphatic rings. The quantitative estimate of drug-likeness (QED) is 0.690. The lowest BCUT2D eigenvalue weighted by Crippen LogP contribution is -2.09. The van der Waals surface area contributed by atoms with Crippen LogP contribution in [0.4, 0.5) is 11.4 Å². The number of benzene rings is 2. The van der Waals surface area contributed by atoms with Crippen LogP contribution in [0.2, 0.25) is 0 Å². The zero-order chi connectivity index (χ0) is 14.5. The molecule has 0 aliphatic heterocycles. The highest BCUT2D eigenvalue weighted by Crippen LogP contribution is 2.36. The van der Waals surface area contributed by atoms with E-state index in [1.807, 2.05) is 50.7 Å². The predicted octanol–water partition coefficient (Wildman–Crippen LogP) is 3.73. The van der Waals surface area contributed by atoms with Crippen LogP contribution in [0.5, 0.6) is 0 Å². The smallest absolute Gasteiger partial charge is 0.158 e. The molecule has 0 aromatic heterocycles. The highest BCUT2D eigenvalue weighted by Gasteiger charge is 2.10. The van der Waals surface area contributed by atoms with E-state index < -0.39 is 0 Å². The summed E-state index contributed by atoms with van der Waals surface area (Å²) in [7, 11) is 4.09. The van der Waals surface area contributed by atoms with E-state index >= 15 is 0 Å². The average molecular weight is 285 g/mol. The molecule has 4 heteroatoms. The van der Waals surface area contributed by atoms with Crippen molar-refractivity contribution >= 4 is 28.3 Å². The Balaban J connectivity index is 2.59. The SMILES string of the molecule is CSC(N)=Nc1ccccc1-c1ccccc1N(C)C. The minimum atomic E-state index is 0.569. The van der Waals surface area contributed by atoms with Gasteiger partial charge in [0.05, 0.1) is 5.69 Å². The fourth-order valence-electron chi connectivity index (χ4n) is 2.05. The average Bonchev–Trinajstić information content (AvgIpc) is 2.47. The van der Waals surface area contributed by atoms with Crippen molar-refractivity contribution < 1.29 is 0 Å². The van der Waals surface area contributed by atoms with Crippen molar-refractivity contribution in [3.8, 4) is 11.1 Å². The van der Waals surface area contributed by atoms with Crippen molar-refractivity contribution in [3.63, 3.8) is 0 Å². The van der Waals surface area contributed by atoms with E-state index in [2.05, 4.69) is 28.1 Å². The molecule has 0 aliphatic carbocycles. The van der Waals surface area contributed by atoms with Crippen molar-refractivity contribution in [2.75, 3.05) is 25.3 Å². The molecule has 2 aromatic rings. The van der Waals surface area contributed by atoms with Gasteiger partial charge in [-0.1, -0.05) is 48.2 Å². The van der Waals surface area contributed by atoms with E-state index in [1.165, 1.54) is 11.8 Å². The van der Waals surface area contributed by atoms with Gasteiger partial charge in [-0.25, -0.2) is 4.99 Å². The predicted molar refractivity (Wildman–Crippen MR) is 91.0 cm³/mol. The molecule has 0 unspecified atom stereocenters. The van der Waals surface area contributed by atoms with Crippen molar-refractivity contribution in [2.45, 2.75) is 0 Å². The van der Waals surface area contributed by atoms with Gasteiger partial charge in [0.15, 0.2) is 5.17 Å². The first-order valence-electron chi connectivity index (χ1n) is 6.37. The van der Waals surface area contributed by atoms with E-state index in [9.17, 15) is 0 Å². The summed E-state index contributed by atoms with van der Waals surface area (Å²) in [6.45, 7) is 0. The Morgan fingerprint density at radius 2 is 1.60 bits per heavy atom. The first-order valence-corrected chi connectivity index (χ1v) is 7.60. The van der Waals surface area contributed by atoms with Crippen LogP contribution in [-0.2, 0) is 0 Å². The van der Waals surface area contributed by atoms with Crippen LogP contribution in [0.3, 0.4) is 0 Å². The summed E-state index contributed by atoms with van der Waals surface area (Å²) in [6, 6.07) is 16.4. The molecule has 2 aromatic carbocycles. The second kappa shape index (κ2) is 6.48. The Labute approximate surface area is 124 Å². The largest absolute Gasteiger partial charge is 0.378 e. The van der Waals surface area contributed by atoms with Gasteiger partial charge in [0.1, 0.15) is 0 Å². The second-order valence-corrected chi connectivity index (χ2v) is 5.41. The molecule has 2 N–H and O–H groups in total. The van der Waals surface area contributed by atoms with Crippen LogP contribution in [-0.4, -0.2) is 25.5 Å². The summed E-state index contributed by atoms with van der Waals surface area (Å²) in [6.07, 6.45) is 1.93. The number of anilines is 1. The van der Waals surface area contributed by atoms with E-state index in [0.29, 0.717) is 5.17 Å². The molecule has 2 rings (SSSR count). The molecule has 0 amide bonds. The van der Waals surface area contributed by atoms with Crippen LogP contribution < -0.4 is 10.6 Å². The number of nitrogens with zero attached hydrogens (tertiary/aromatic N) is 2. The van der Waals surface area contributed by atoms with Gasteiger partial charge < -0.3 is 10.6 Å². The molecule has 0 heterocycles. The summed E-state index contributed by atoms with van der Waals surface area (Å²) in [5.74, 6) is 0. The number of nitrogens with two attached hydrogens (primary N) is 1. The van der Waals surface area contributed by atoms with Crippen molar-refractivity contribution in [1.82, 2.24) is 0 Å². The highest BCUT2D eigenvalue weighted by molar-refractivity contribution is 8.13. The second-order valence-electron chi connectivity index (χ2n) is 4.58. The lowest BCUT2D eigenvalue weighted by atomic mass is 10.0. The Hall–Kier alpha value is -1.94. The molecule has 0 radical (unpaired) electrons. The third-order valence-electron chi connectivity index (χ3n) is 3.02. The third-order valence-corrected chi connectivity index (χ3v) is 3.53. The van der Waals surface area contributed by atoms with Gasteiger partial charge in [0, 0.05) is 30.9 Å². The van der Waals surface area contributed by atoms with E-state index in [4.69, 9.17) is 5.73 Å². The number of hydrogen-bond acceptors (Lipinski definition) is 3. The maximum absolute atomic E-state index is 5.85. The molecule has 0 saturated heterocycles.